The van der Waals surface area contributed by atoms with E-state index in [1.54, 1.807) is 0 Å². The van der Waals surface area contributed by atoms with E-state index in [9.17, 15) is 0 Å². The Kier molecular flexibility index (Phi) is 2.06. The molecule has 0 amide bonds. The molecule has 1 aromatic rings. The van der Waals surface area contributed by atoms with Gasteiger partial charge in [-0.05, 0) is 33.3 Å². The van der Waals surface area contributed by atoms with E-state index in [1.165, 1.54) is 5.56 Å². The normalized spacial score (nSPS) is 12.1. The van der Waals surface area contributed by atoms with Crippen molar-refractivity contribution in [3.63, 3.8) is 0 Å². The highest BCUT2D eigenvalue weighted by atomic mass is 31.0. The highest BCUT2D eigenvalue weighted by molar-refractivity contribution is 7.27. The molecule has 0 aliphatic rings. The van der Waals surface area contributed by atoms with Crippen LogP contribution in [-0.4, -0.2) is 9.78 Å². The van der Waals surface area contributed by atoms with Crippen molar-refractivity contribution in [1.82, 2.24) is 9.78 Å². The van der Waals surface area contributed by atoms with Gasteiger partial charge in [0.05, 0.1) is 11.0 Å². The highest BCUT2D eigenvalue weighted by Gasteiger charge is 2.14. The molecule has 1 heterocycles. The Hall–Kier alpha value is -0.360. The Bertz CT molecular complexity index is 238. The fourth-order valence-corrected chi connectivity index (χ4v) is 1.02. The first-order valence-corrected chi connectivity index (χ1v) is 4.31. The van der Waals surface area contributed by atoms with Crippen LogP contribution in [0.5, 0.6) is 0 Å². The molecule has 3 heteroatoms. The molecule has 0 spiro atoms. The number of aryl methyl sites for hydroxylation is 1. The molecule has 62 valence electrons. The van der Waals surface area contributed by atoms with E-state index in [0.29, 0.717) is 0 Å². The lowest BCUT2D eigenvalue weighted by atomic mass is 10.1. The number of aromatic nitrogens is 2. The van der Waals surface area contributed by atoms with Crippen LogP contribution in [0.3, 0.4) is 0 Å². The topological polar surface area (TPSA) is 17.8 Å². The number of nitrogens with zero attached hydrogens (tertiary/aromatic N) is 2. The average Bonchev–Trinajstić information content (AvgIpc) is 2.11. The van der Waals surface area contributed by atoms with Crippen molar-refractivity contribution in [2.45, 2.75) is 33.2 Å². The largest absolute Gasteiger partial charge is 0.267 e. The lowest BCUT2D eigenvalue weighted by Crippen LogP contribution is -2.23. The van der Waals surface area contributed by atoms with E-state index in [4.69, 9.17) is 0 Å². The third kappa shape index (κ3) is 1.81. The van der Waals surface area contributed by atoms with E-state index in [2.05, 4.69) is 48.2 Å². The summed E-state index contributed by atoms with van der Waals surface area (Å²) in [6, 6.07) is 0. The van der Waals surface area contributed by atoms with E-state index < -0.39 is 0 Å². The van der Waals surface area contributed by atoms with Crippen LogP contribution in [0.25, 0.3) is 0 Å². The van der Waals surface area contributed by atoms with Crippen molar-refractivity contribution in [3.8, 4) is 0 Å². The maximum Gasteiger partial charge on any atom is 0.0818 e. The first-order valence-electron chi connectivity index (χ1n) is 3.73. The Morgan fingerprint density at radius 1 is 1.45 bits per heavy atom. The molecule has 0 saturated carbocycles. The molecule has 1 atom stereocenters. The van der Waals surface area contributed by atoms with Crippen LogP contribution in [0.4, 0.5) is 0 Å². The fourth-order valence-electron chi connectivity index (χ4n) is 0.817. The molecule has 0 N–H and O–H groups in total. The maximum absolute atomic E-state index is 4.36. The van der Waals surface area contributed by atoms with E-state index >= 15 is 0 Å². The summed E-state index contributed by atoms with van der Waals surface area (Å²) in [5.74, 6) is 0. The minimum Gasteiger partial charge on any atom is -0.267 e. The molecule has 1 unspecified atom stereocenters. The molecule has 0 radical (unpaired) electrons. The van der Waals surface area contributed by atoms with Crippen molar-refractivity contribution < 1.29 is 0 Å². The van der Waals surface area contributed by atoms with Crippen LogP contribution in [0.2, 0.25) is 0 Å². The van der Waals surface area contributed by atoms with E-state index in [1.807, 2.05) is 4.68 Å². The Morgan fingerprint density at radius 3 is 2.18 bits per heavy atom. The summed E-state index contributed by atoms with van der Waals surface area (Å²) in [6.45, 7) is 8.49. The molecule has 11 heavy (non-hydrogen) atoms. The molecule has 1 aromatic heterocycles. The summed E-state index contributed by atoms with van der Waals surface area (Å²) in [5, 5.41) is 4.36. The summed E-state index contributed by atoms with van der Waals surface area (Å²) in [5.41, 5.74) is 2.37. The summed E-state index contributed by atoms with van der Waals surface area (Å²) < 4.78 is 1.99. The number of hydrogen-bond donors (Lipinski definition) is 0. The minimum atomic E-state index is 0.0968. The molecule has 0 aliphatic heterocycles. The minimum absolute atomic E-state index is 0.0968. The first-order chi connectivity index (χ1) is 4.91. The molecule has 0 saturated heterocycles. The molecule has 1 rings (SSSR count). The number of hydrogen-bond acceptors (Lipinski definition) is 1. The van der Waals surface area contributed by atoms with Crippen LogP contribution in [-0.2, 0) is 5.54 Å². The molecule has 0 aromatic carbocycles. The van der Waals surface area contributed by atoms with Gasteiger partial charge in [0.15, 0.2) is 0 Å². The van der Waals surface area contributed by atoms with Crippen LogP contribution < -0.4 is 5.44 Å². The lowest BCUT2D eigenvalue weighted by molar-refractivity contribution is 0.357. The van der Waals surface area contributed by atoms with Gasteiger partial charge in [-0.15, -0.1) is 0 Å². The van der Waals surface area contributed by atoms with E-state index in [-0.39, 0.29) is 5.54 Å². The highest BCUT2D eigenvalue weighted by Crippen LogP contribution is 2.12. The molecular formula is C8H15N2P. The van der Waals surface area contributed by atoms with Crippen molar-refractivity contribution >= 4 is 14.7 Å². The SMILES string of the molecule is Cc1cn(C(C)(C)C)nc1P. The molecule has 0 aliphatic carbocycles. The van der Waals surface area contributed by atoms with Crippen molar-refractivity contribution in [1.29, 1.82) is 0 Å². The maximum atomic E-state index is 4.36. The zero-order chi connectivity index (χ0) is 8.65. The Morgan fingerprint density at radius 2 is 2.00 bits per heavy atom. The van der Waals surface area contributed by atoms with Gasteiger partial charge in [0.1, 0.15) is 0 Å². The van der Waals surface area contributed by atoms with Gasteiger partial charge < -0.3 is 0 Å². The quantitative estimate of drug-likeness (QED) is 0.539. The Labute approximate surface area is 70.2 Å². The van der Waals surface area contributed by atoms with Gasteiger partial charge in [-0.2, -0.15) is 5.10 Å². The van der Waals surface area contributed by atoms with Gasteiger partial charge in [-0.1, -0.05) is 9.24 Å². The Balaban J connectivity index is 3.08. The second-order valence-electron chi connectivity index (χ2n) is 3.81. The zero-order valence-corrected chi connectivity index (χ0v) is 8.70. The van der Waals surface area contributed by atoms with Gasteiger partial charge in [0, 0.05) is 6.20 Å². The number of rotatable bonds is 0. The standard InChI is InChI=1S/C8H15N2P/c1-6-5-10(8(2,3)4)9-7(6)11/h5H,11H2,1-4H3. The average molecular weight is 170 g/mol. The van der Waals surface area contributed by atoms with Crippen LogP contribution >= 0.6 is 9.24 Å². The predicted octanol–water partition coefficient (Wildman–Crippen LogP) is 1.45. The summed E-state index contributed by atoms with van der Waals surface area (Å²) in [4.78, 5) is 0. The van der Waals surface area contributed by atoms with Gasteiger partial charge in [0.2, 0.25) is 0 Å². The van der Waals surface area contributed by atoms with Crippen molar-refractivity contribution in [3.05, 3.63) is 11.8 Å². The van der Waals surface area contributed by atoms with Gasteiger partial charge in [0.25, 0.3) is 0 Å². The zero-order valence-electron chi connectivity index (χ0n) is 7.55. The summed E-state index contributed by atoms with van der Waals surface area (Å²) in [7, 11) is 2.63. The summed E-state index contributed by atoms with van der Waals surface area (Å²) in [6.07, 6.45) is 2.07. The predicted molar refractivity (Wildman–Crippen MR) is 51.3 cm³/mol. The third-order valence-electron chi connectivity index (χ3n) is 1.62. The van der Waals surface area contributed by atoms with Crippen LogP contribution in [0.15, 0.2) is 6.20 Å². The first kappa shape index (κ1) is 8.73. The third-order valence-corrected chi connectivity index (χ3v) is 2.19. The van der Waals surface area contributed by atoms with E-state index in [0.717, 1.165) is 5.44 Å². The van der Waals surface area contributed by atoms with Crippen molar-refractivity contribution in [2.75, 3.05) is 0 Å². The monoisotopic (exact) mass is 170 g/mol. The second-order valence-corrected chi connectivity index (χ2v) is 4.36. The smallest absolute Gasteiger partial charge is 0.0818 e. The van der Waals surface area contributed by atoms with Crippen molar-refractivity contribution in [2.24, 2.45) is 0 Å². The van der Waals surface area contributed by atoms with Gasteiger partial charge in [-0.25, -0.2) is 0 Å². The van der Waals surface area contributed by atoms with Gasteiger partial charge >= 0.3 is 0 Å². The molecule has 2 nitrogen and oxygen atoms in total. The molecule has 0 bridgehead atoms. The summed E-state index contributed by atoms with van der Waals surface area (Å²) >= 11 is 0. The lowest BCUT2D eigenvalue weighted by Gasteiger charge is -2.18. The van der Waals surface area contributed by atoms with Crippen LogP contribution in [0, 0.1) is 6.92 Å². The van der Waals surface area contributed by atoms with Crippen LogP contribution in [0.1, 0.15) is 26.3 Å². The fraction of sp³-hybridized carbons (Fsp3) is 0.625. The molecular weight excluding hydrogens is 155 g/mol. The molecule has 0 fully saturated rings. The second kappa shape index (κ2) is 2.60. The van der Waals surface area contributed by atoms with Gasteiger partial charge in [-0.3, -0.25) is 4.68 Å².